The second kappa shape index (κ2) is 4.01. The Morgan fingerprint density at radius 2 is 1.79 bits per heavy atom. The van der Waals surface area contributed by atoms with Crippen LogP contribution in [0.25, 0.3) is 0 Å². The summed E-state index contributed by atoms with van der Waals surface area (Å²) in [6, 6.07) is 4.81. The zero-order chi connectivity index (χ0) is 13.8. The molecule has 1 heterocycles. The lowest BCUT2D eigenvalue weighted by Crippen LogP contribution is -2.24. The molecule has 1 nitrogen and oxygen atoms in total. The van der Waals surface area contributed by atoms with Crippen LogP contribution in [0.1, 0.15) is 76.5 Å². The van der Waals surface area contributed by atoms with Crippen molar-refractivity contribution in [2.75, 3.05) is 6.61 Å². The Morgan fingerprint density at radius 1 is 1.11 bits per heavy atom. The van der Waals surface area contributed by atoms with Gasteiger partial charge in [-0.15, -0.1) is 0 Å². The lowest BCUT2D eigenvalue weighted by Gasteiger charge is -2.33. The largest absolute Gasteiger partial charge is 0.493 e. The molecule has 0 bridgehead atoms. The Bertz CT molecular complexity index is 484. The molecule has 1 saturated carbocycles. The molecule has 0 amide bonds. The van der Waals surface area contributed by atoms with Crippen LogP contribution in [0.2, 0.25) is 0 Å². The highest BCUT2D eigenvalue weighted by atomic mass is 16.5. The van der Waals surface area contributed by atoms with Crippen LogP contribution in [0.5, 0.6) is 5.75 Å². The van der Waals surface area contributed by atoms with Crippen LogP contribution in [0.4, 0.5) is 0 Å². The molecule has 0 unspecified atom stereocenters. The van der Waals surface area contributed by atoms with E-state index in [4.69, 9.17) is 4.74 Å². The molecule has 0 radical (unpaired) electrons. The number of ether oxygens (including phenoxy) is 1. The normalized spacial score (nSPS) is 20.3. The predicted octanol–water partition coefficient (Wildman–Crippen LogP) is 4.92. The molecule has 1 heteroatoms. The Hall–Kier alpha value is -0.980. The lowest BCUT2D eigenvalue weighted by atomic mass is 9.78. The molecule has 1 spiro atoms. The van der Waals surface area contributed by atoms with Gasteiger partial charge in [0.15, 0.2) is 0 Å². The highest BCUT2D eigenvalue weighted by molar-refractivity contribution is 5.54. The minimum Gasteiger partial charge on any atom is -0.493 e. The fourth-order valence-electron chi connectivity index (χ4n) is 3.24. The summed E-state index contributed by atoms with van der Waals surface area (Å²) in [6.07, 6.45) is 3.92. The number of benzene rings is 1. The molecule has 1 aliphatic heterocycles. The second-order valence-electron chi connectivity index (χ2n) is 7.73. The maximum absolute atomic E-state index is 6.09. The van der Waals surface area contributed by atoms with Gasteiger partial charge in [-0.1, -0.05) is 46.8 Å². The summed E-state index contributed by atoms with van der Waals surface area (Å²) in [7, 11) is 0. The molecule has 0 N–H and O–H groups in total. The quantitative estimate of drug-likeness (QED) is 0.694. The van der Waals surface area contributed by atoms with E-state index in [0.717, 1.165) is 6.61 Å². The van der Waals surface area contributed by atoms with E-state index in [1.165, 1.54) is 41.7 Å². The summed E-state index contributed by atoms with van der Waals surface area (Å²) in [5.41, 5.74) is 5.01. The van der Waals surface area contributed by atoms with Gasteiger partial charge >= 0.3 is 0 Å². The van der Waals surface area contributed by atoms with E-state index in [1.54, 1.807) is 0 Å². The van der Waals surface area contributed by atoms with Crippen molar-refractivity contribution in [3.8, 4) is 5.75 Å². The van der Waals surface area contributed by atoms with Crippen LogP contribution in [-0.4, -0.2) is 6.61 Å². The van der Waals surface area contributed by atoms with Crippen molar-refractivity contribution in [3.63, 3.8) is 0 Å². The smallest absolute Gasteiger partial charge is 0.126 e. The standard InChI is InChI=1S/C18H26O/c1-12(2)13-10-14(17(3,4)5)16-15(11-13)18(6-7-18)8-9-19-16/h10-12H,6-9H2,1-5H3. The van der Waals surface area contributed by atoms with Gasteiger partial charge in [0.05, 0.1) is 6.61 Å². The van der Waals surface area contributed by atoms with Crippen LogP contribution in [0, 0.1) is 0 Å². The average molecular weight is 258 g/mol. The third kappa shape index (κ3) is 2.07. The topological polar surface area (TPSA) is 9.23 Å². The fraction of sp³-hybridized carbons (Fsp3) is 0.667. The first kappa shape index (κ1) is 13.0. The number of hydrogen-bond donors (Lipinski definition) is 0. The van der Waals surface area contributed by atoms with Gasteiger partial charge < -0.3 is 4.74 Å². The van der Waals surface area contributed by atoms with Gasteiger partial charge in [0.2, 0.25) is 0 Å². The summed E-state index contributed by atoms with van der Waals surface area (Å²) in [4.78, 5) is 0. The number of fused-ring (bicyclic) bond motifs is 2. The van der Waals surface area contributed by atoms with Crippen LogP contribution >= 0.6 is 0 Å². The first-order valence-electron chi connectivity index (χ1n) is 7.65. The van der Waals surface area contributed by atoms with Crippen molar-refractivity contribution in [3.05, 3.63) is 28.8 Å². The van der Waals surface area contributed by atoms with Gasteiger partial charge in [-0.05, 0) is 36.2 Å². The van der Waals surface area contributed by atoms with E-state index in [1.807, 2.05) is 0 Å². The summed E-state index contributed by atoms with van der Waals surface area (Å²) in [5, 5.41) is 0. The van der Waals surface area contributed by atoms with E-state index < -0.39 is 0 Å². The van der Waals surface area contributed by atoms with Gasteiger partial charge in [-0.25, -0.2) is 0 Å². The number of hydrogen-bond acceptors (Lipinski definition) is 1. The first-order chi connectivity index (χ1) is 8.83. The van der Waals surface area contributed by atoms with Crippen molar-refractivity contribution in [1.82, 2.24) is 0 Å². The monoisotopic (exact) mass is 258 g/mol. The van der Waals surface area contributed by atoms with Crippen molar-refractivity contribution >= 4 is 0 Å². The molecule has 1 aromatic rings. The fourth-order valence-corrected chi connectivity index (χ4v) is 3.24. The van der Waals surface area contributed by atoms with E-state index >= 15 is 0 Å². The highest BCUT2D eigenvalue weighted by Crippen LogP contribution is 2.58. The SMILES string of the molecule is CC(C)c1cc(C(C)(C)C)c2c(c1)C1(CCO2)CC1. The lowest BCUT2D eigenvalue weighted by molar-refractivity contribution is 0.253. The minimum absolute atomic E-state index is 0.155. The second-order valence-corrected chi connectivity index (χ2v) is 7.73. The van der Waals surface area contributed by atoms with E-state index in [9.17, 15) is 0 Å². The predicted molar refractivity (Wildman–Crippen MR) is 80.3 cm³/mol. The summed E-state index contributed by atoms with van der Waals surface area (Å²) < 4.78 is 6.09. The van der Waals surface area contributed by atoms with Crippen molar-refractivity contribution in [2.45, 2.75) is 70.6 Å². The Morgan fingerprint density at radius 3 is 2.32 bits per heavy atom. The molecule has 1 aliphatic carbocycles. The third-order valence-corrected chi connectivity index (χ3v) is 4.84. The zero-order valence-corrected chi connectivity index (χ0v) is 13.0. The zero-order valence-electron chi connectivity index (χ0n) is 13.0. The molecule has 0 atom stereocenters. The molecule has 2 aliphatic rings. The van der Waals surface area contributed by atoms with Crippen LogP contribution in [0.3, 0.4) is 0 Å². The van der Waals surface area contributed by atoms with Crippen LogP contribution < -0.4 is 4.74 Å². The Balaban J connectivity index is 2.22. The van der Waals surface area contributed by atoms with Gasteiger partial charge in [0.1, 0.15) is 5.75 Å². The molecule has 1 fully saturated rings. The van der Waals surface area contributed by atoms with E-state index in [2.05, 4.69) is 46.8 Å². The van der Waals surface area contributed by atoms with Gasteiger partial charge in [-0.2, -0.15) is 0 Å². The maximum atomic E-state index is 6.09. The van der Waals surface area contributed by atoms with Gasteiger partial charge in [0, 0.05) is 16.5 Å². The van der Waals surface area contributed by atoms with Gasteiger partial charge in [-0.3, -0.25) is 0 Å². The Kier molecular flexibility index (Phi) is 2.75. The average Bonchev–Trinajstić information content (AvgIpc) is 3.08. The van der Waals surface area contributed by atoms with Crippen LogP contribution in [-0.2, 0) is 10.8 Å². The third-order valence-electron chi connectivity index (χ3n) is 4.84. The molecule has 0 aromatic heterocycles. The summed E-state index contributed by atoms with van der Waals surface area (Å²) >= 11 is 0. The van der Waals surface area contributed by atoms with Crippen molar-refractivity contribution in [2.24, 2.45) is 0 Å². The molecule has 3 rings (SSSR count). The number of rotatable bonds is 1. The summed E-state index contributed by atoms with van der Waals surface area (Å²) in [6.45, 7) is 12.4. The van der Waals surface area contributed by atoms with Crippen molar-refractivity contribution < 1.29 is 4.74 Å². The van der Waals surface area contributed by atoms with Crippen molar-refractivity contribution in [1.29, 1.82) is 0 Å². The van der Waals surface area contributed by atoms with E-state index in [-0.39, 0.29) is 5.41 Å². The van der Waals surface area contributed by atoms with E-state index in [0.29, 0.717) is 11.3 Å². The summed E-state index contributed by atoms with van der Waals surface area (Å²) in [5.74, 6) is 1.80. The Labute approximate surface area is 117 Å². The molecule has 19 heavy (non-hydrogen) atoms. The molecular weight excluding hydrogens is 232 g/mol. The van der Waals surface area contributed by atoms with Gasteiger partial charge in [0.25, 0.3) is 0 Å². The molecule has 1 aromatic carbocycles. The minimum atomic E-state index is 0.155. The first-order valence-corrected chi connectivity index (χ1v) is 7.65. The maximum Gasteiger partial charge on any atom is 0.126 e. The molecule has 104 valence electrons. The highest BCUT2D eigenvalue weighted by Gasteiger charge is 2.49. The molecule has 0 saturated heterocycles. The molecular formula is C18H26O. The van der Waals surface area contributed by atoms with Crippen LogP contribution in [0.15, 0.2) is 12.1 Å².